The molecular weight excluding hydrogens is 274 g/mol. The van der Waals surface area contributed by atoms with Gasteiger partial charge in [0.2, 0.25) is 5.88 Å². The molecule has 1 aromatic carbocycles. The molecule has 5 nitrogen and oxygen atoms in total. The first-order valence-corrected chi connectivity index (χ1v) is 6.39. The number of aromatic hydroxyl groups is 1. The number of fused-ring (bicyclic) bond motifs is 1. The van der Waals surface area contributed by atoms with Gasteiger partial charge in [0.05, 0.1) is 5.36 Å². The Morgan fingerprint density at radius 2 is 2.15 bits per heavy atom. The van der Waals surface area contributed by atoms with Crippen LogP contribution in [0.2, 0.25) is 0 Å². The summed E-state index contributed by atoms with van der Waals surface area (Å²) in [6, 6.07) is 5.72. The number of nitrogens with zero attached hydrogens (tertiary/aromatic N) is 1. The highest BCUT2D eigenvalue weighted by molar-refractivity contribution is 7.71. The minimum Gasteiger partial charge on any atom is -0.493 e. The number of imidazole rings is 1. The van der Waals surface area contributed by atoms with Crippen LogP contribution < -0.4 is 10.6 Å². The van der Waals surface area contributed by atoms with E-state index in [9.17, 15) is 9.90 Å². The zero-order valence-electron chi connectivity index (χ0n) is 10.6. The summed E-state index contributed by atoms with van der Waals surface area (Å²) in [5, 5.41) is 11.2. The molecule has 0 atom stereocenters. The lowest BCUT2D eigenvalue weighted by Gasteiger charge is -2.04. The van der Waals surface area contributed by atoms with Crippen LogP contribution in [0.4, 0.5) is 0 Å². The molecule has 0 unspecified atom stereocenters. The number of hydrogen-bond acceptors (Lipinski definition) is 3. The highest BCUT2D eigenvalue weighted by Gasteiger charge is 2.13. The lowest BCUT2D eigenvalue weighted by molar-refractivity contribution is -0.114. The first-order chi connectivity index (χ1) is 9.54. The summed E-state index contributed by atoms with van der Waals surface area (Å²) in [7, 11) is 0. The number of amides is 1. The van der Waals surface area contributed by atoms with Crippen molar-refractivity contribution >= 4 is 30.3 Å². The highest BCUT2D eigenvalue weighted by atomic mass is 32.1. The number of H-pyrrole nitrogens is 2. The maximum atomic E-state index is 12.0. The average Bonchev–Trinajstić information content (AvgIpc) is 2.70. The summed E-state index contributed by atoms with van der Waals surface area (Å²) in [6.45, 7) is 1.91. The first-order valence-electron chi connectivity index (χ1n) is 5.98. The second-order valence-corrected chi connectivity index (χ2v) is 4.92. The third kappa shape index (κ3) is 2.10. The predicted molar refractivity (Wildman–Crippen MR) is 77.1 cm³/mol. The van der Waals surface area contributed by atoms with Gasteiger partial charge in [-0.1, -0.05) is 18.2 Å². The van der Waals surface area contributed by atoms with E-state index in [4.69, 9.17) is 12.2 Å². The maximum absolute atomic E-state index is 12.0. The number of hydrogen-bond donors (Lipinski definition) is 3. The highest BCUT2D eigenvalue weighted by Crippen LogP contribution is 2.17. The minimum absolute atomic E-state index is 0.0984. The van der Waals surface area contributed by atoms with Crippen LogP contribution in [0, 0.1) is 11.7 Å². The summed E-state index contributed by atoms with van der Waals surface area (Å²) in [6.07, 6.45) is 3.28. The molecule has 0 saturated carbocycles. The minimum atomic E-state index is -0.341. The van der Waals surface area contributed by atoms with E-state index in [-0.39, 0.29) is 11.8 Å². The lowest BCUT2D eigenvalue weighted by atomic mass is 10.1. The number of benzene rings is 1. The predicted octanol–water partition coefficient (Wildman–Crippen LogP) is 1.11. The smallest absolute Gasteiger partial charge is 0.277 e. The van der Waals surface area contributed by atoms with E-state index in [1.807, 2.05) is 25.1 Å². The lowest BCUT2D eigenvalue weighted by Crippen LogP contribution is -2.32. The number of aryl methyl sites for hydroxylation is 1. The number of carbonyl (C=O) groups excluding carboxylic acids is 1. The summed E-state index contributed by atoms with van der Waals surface area (Å²) in [4.78, 5) is 21.4. The third-order valence-electron chi connectivity index (χ3n) is 3.08. The van der Waals surface area contributed by atoms with Crippen molar-refractivity contribution in [1.29, 1.82) is 0 Å². The Morgan fingerprint density at radius 3 is 2.85 bits per heavy atom. The number of aromatic amines is 2. The van der Waals surface area contributed by atoms with Crippen molar-refractivity contribution in [2.45, 2.75) is 6.92 Å². The topological polar surface area (TPSA) is 81.2 Å². The Labute approximate surface area is 119 Å². The fraction of sp³-hybridized carbons (Fsp3) is 0.0714. The van der Waals surface area contributed by atoms with Crippen molar-refractivity contribution < 1.29 is 9.90 Å². The summed E-state index contributed by atoms with van der Waals surface area (Å²) < 4.78 is 0.297. The monoisotopic (exact) mass is 285 g/mol. The van der Waals surface area contributed by atoms with Gasteiger partial charge >= 0.3 is 0 Å². The molecule has 100 valence electrons. The fourth-order valence-corrected chi connectivity index (χ4v) is 2.30. The van der Waals surface area contributed by atoms with Crippen LogP contribution >= 0.6 is 12.2 Å². The van der Waals surface area contributed by atoms with E-state index < -0.39 is 0 Å². The van der Waals surface area contributed by atoms with Crippen LogP contribution in [-0.2, 0) is 4.79 Å². The quantitative estimate of drug-likeness (QED) is 0.542. The summed E-state index contributed by atoms with van der Waals surface area (Å²) in [5.74, 6) is -0.439. The number of aromatic nitrogens is 2. The molecule has 6 heteroatoms. The van der Waals surface area contributed by atoms with Crippen LogP contribution in [0.15, 0.2) is 28.8 Å². The van der Waals surface area contributed by atoms with Gasteiger partial charge in [0.25, 0.3) is 5.91 Å². The van der Waals surface area contributed by atoms with Crippen LogP contribution in [0.5, 0.6) is 5.88 Å². The average molecular weight is 285 g/mol. The summed E-state index contributed by atoms with van der Waals surface area (Å²) >= 11 is 4.88. The Morgan fingerprint density at radius 1 is 1.35 bits per heavy atom. The van der Waals surface area contributed by atoms with Crippen molar-refractivity contribution in [3.8, 4) is 5.88 Å². The molecule has 0 aliphatic carbocycles. The molecule has 0 bridgehead atoms. The van der Waals surface area contributed by atoms with Gasteiger partial charge in [-0.05, 0) is 36.9 Å². The maximum Gasteiger partial charge on any atom is 0.277 e. The molecule has 3 N–H and O–H groups in total. The molecule has 0 spiro atoms. The fourth-order valence-electron chi connectivity index (χ4n) is 2.10. The second-order valence-electron chi connectivity index (χ2n) is 4.52. The van der Waals surface area contributed by atoms with Gasteiger partial charge in [-0.25, -0.2) is 4.99 Å². The van der Waals surface area contributed by atoms with Crippen LogP contribution in [0.3, 0.4) is 0 Å². The molecule has 0 fully saturated rings. The molecule has 2 heterocycles. The standard InChI is InChI=1S/C14H11N3O2S/c1-7-3-2-4-8-5-9(12(18)16-11(7)8)6-10-13(19)17-14(20)15-10/h2-6,19H,1H3,(H2,15,17,20)/b9-6-. The van der Waals surface area contributed by atoms with Gasteiger partial charge < -0.3 is 15.1 Å². The van der Waals surface area contributed by atoms with Crippen molar-refractivity contribution in [2.75, 3.05) is 0 Å². The van der Waals surface area contributed by atoms with E-state index in [2.05, 4.69) is 15.0 Å². The van der Waals surface area contributed by atoms with Crippen LogP contribution in [-0.4, -0.2) is 21.0 Å². The van der Waals surface area contributed by atoms with Crippen LogP contribution in [0.25, 0.3) is 12.2 Å². The van der Waals surface area contributed by atoms with Crippen molar-refractivity contribution in [2.24, 2.45) is 4.99 Å². The Bertz CT molecular complexity index is 919. The van der Waals surface area contributed by atoms with E-state index in [1.54, 1.807) is 6.08 Å². The SMILES string of the molecule is Cc1cccc2c1=NC(=O)/C(=C\c1[nH]c(=S)[nH]c1O)C=2. The summed E-state index contributed by atoms with van der Waals surface area (Å²) in [5.41, 5.74) is 1.71. The second kappa shape index (κ2) is 4.57. The van der Waals surface area contributed by atoms with Gasteiger partial charge in [0.1, 0.15) is 5.69 Å². The van der Waals surface area contributed by atoms with Gasteiger partial charge in [-0.15, -0.1) is 0 Å². The number of rotatable bonds is 1. The van der Waals surface area contributed by atoms with E-state index in [0.29, 0.717) is 21.4 Å². The Hall–Kier alpha value is -2.47. The van der Waals surface area contributed by atoms with Crippen molar-refractivity contribution in [3.63, 3.8) is 0 Å². The molecule has 20 heavy (non-hydrogen) atoms. The zero-order chi connectivity index (χ0) is 14.3. The van der Waals surface area contributed by atoms with E-state index in [0.717, 1.165) is 10.8 Å². The number of nitrogens with one attached hydrogen (secondary N) is 2. The zero-order valence-corrected chi connectivity index (χ0v) is 11.4. The van der Waals surface area contributed by atoms with Gasteiger partial charge in [-0.3, -0.25) is 4.79 Å². The van der Waals surface area contributed by atoms with Gasteiger partial charge in [-0.2, -0.15) is 0 Å². The molecule has 1 aromatic heterocycles. The molecular formula is C14H11N3O2S. The molecule has 1 aliphatic rings. The van der Waals surface area contributed by atoms with Crippen molar-refractivity contribution in [3.05, 3.63) is 50.4 Å². The molecule has 1 amide bonds. The van der Waals surface area contributed by atoms with Crippen LogP contribution in [0.1, 0.15) is 11.3 Å². The molecule has 0 radical (unpaired) electrons. The molecule has 3 rings (SSSR count). The molecule has 2 aromatic rings. The van der Waals surface area contributed by atoms with E-state index in [1.165, 1.54) is 6.08 Å². The largest absolute Gasteiger partial charge is 0.493 e. The third-order valence-corrected chi connectivity index (χ3v) is 3.28. The molecule has 0 saturated heterocycles. The normalized spacial score (nSPS) is 15.7. The Balaban J connectivity index is 2.20. The molecule has 1 aliphatic heterocycles. The van der Waals surface area contributed by atoms with Gasteiger partial charge in [0.15, 0.2) is 4.77 Å². The Kier molecular flexibility index (Phi) is 2.87. The van der Waals surface area contributed by atoms with Crippen molar-refractivity contribution in [1.82, 2.24) is 9.97 Å². The number of carbonyl (C=O) groups is 1. The van der Waals surface area contributed by atoms with Gasteiger partial charge in [0, 0.05) is 10.8 Å². The number of para-hydroxylation sites is 1. The van der Waals surface area contributed by atoms with E-state index >= 15 is 0 Å². The first kappa shape index (κ1) is 12.6.